The third-order valence-corrected chi connectivity index (χ3v) is 5.40. The average Bonchev–Trinajstić information content (AvgIpc) is 3.03. The monoisotopic (exact) mass is 468 g/mol. The van der Waals surface area contributed by atoms with Crippen LogP contribution in [-0.2, 0) is 16.5 Å². The van der Waals surface area contributed by atoms with Crippen molar-refractivity contribution in [1.82, 2.24) is 15.8 Å². The zero-order valence-corrected chi connectivity index (χ0v) is 17.8. The number of rotatable bonds is 5. The number of hydrogen-bond acceptors (Lipinski definition) is 4. The Balaban J connectivity index is 1.56. The van der Waals surface area contributed by atoms with Crippen LogP contribution in [0.15, 0.2) is 78.9 Å². The van der Waals surface area contributed by atoms with Crippen molar-refractivity contribution in [3.05, 3.63) is 95.6 Å². The van der Waals surface area contributed by atoms with Gasteiger partial charge < -0.3 is 10.6 Å². The first-order valence-electron chi connectivity index (χ1n) is 10.2. The van der Waals surface area contributed by atoms with Gasteiger partial charge in [-0.2, -0.15) is 18.2 Å². The molecule has 0 radical (unpaired) electrons. The fourth-order valence-electron chi connectivity index (χ4n) is 3.59. The van der Waals surface area contributed by atoms with Gasteiger partial charge in [-0.15, -0.1) is 0 Å². The second kappa shape index (κ2) is 8.54. The summed E-state index contributed by atoms with van der Waals surface area (Å²) < 4.78 is 39.1. The molecule has 1 heterocycles. The van der Waals surface area contributed by atoms with Gasteiger partial charge in [-0.1, -0.05) is 48.5 Å². The number of anilines is 2. The molecule has 3 N–H and O–H groups in total. The van der Waals surface area contributed by atoms with Crippen LogP contribution >= 0.6 is 0 Å². The van der Waals surface area contributed by atoms with Gasteiger partial charge >= 0.3 is 12.2 Å². The number of hydrogen-bond donors (Lipinski definition) is 3. The molecule has 1 aliphatic rings. The Morgan fingerprint density at radius 3 is 2.32 bits per heavy atom. The van der Waals surface area contributed by atoms with Crippen LogP contribution in [0, 0.1) is 0 Å². The highest BCUT2D eigenvalue weighted by Gasteiger charge is 2.50. The molecule has 1 aliphatic heterocycles. The Labute approximate surface area is 192 Å². The lowest BCUT2D eigenvalue weighted by Crippen LogP contribution is -2.48. The first-order chi connectivity index (χ1) is 16.1. The lowest BCUT2D eigenvalue weighted by molar-refractivity contribution is -0.137. The third kappa shape index (κ3) is 4.29. The predicted molar refractivity (Wildman–Crippen MR) is 118 cm³/mol. The molecule has 4 amide bonds. The Morgan fingerprint density at radius 2 is 1.62 bits per heavy atom. The summed E-state index contributed by atoms with van der Waals surface area (Å²) in [6.07, 6.45) is -4.52. The van der Waals surface area contributed by atoms with Gasteiger partial charge in [0.05, 0.1) is 16.8 Å². The van der Waals surface area contributed by atoms with E-state index in [1.54, 1.807) is 42.5 Å². The van der Waals surface area contributed by atoms with E-state index in [0.717, 1.165) is 12.1 Å². The highest BCUT2D eigenvalue weighted by Crippen LogP contribution is 2.32. The number of urea groups is 1. The van der Waals surface area contributed by atoms with Crippen molar-refractivity contribution in [1.29, 1.82) is 0 Å². The quantitative estimate of drug-likeness (QED) is 0.479. The molecule has 10 heteroatoms. The Bertz CT molecular complexity index is 1260. The molecule has 1 saturated heterocycles. The normalized spacial score (nSPS) is 17.9. The number of carbonyl (C=O) groups is 3. The summed E-state index contributed by atoms with van der Waals surface area (Å²) in [6.45, 7) is 1.53. The Morgan fingerprint density at radius 1 is 0.941 bits per heavy atom. The number of hydrazine groups is 1. The molecule has 174 valence electrons. The van der Waals surface area contributed by atoms with E-state index in [2.05, 4.69) is 16.1 Å². The number of benzene rings is 3. The number of nitrogens with one attached hydrogen (secondary N) is 3. The van der Waals surface area contributed by atoms with E-state index < -0.39 is 35.1 Å². The lowest BCUT2D eigenvalue weighted by atomic mass is 9.92. The summed E-state index contributed by atoms with van der Waals surface area (Å²) in [5.74, 6) is -1.48. The molecule has 0 spiro atoms. The molecular formula is C24H19F3N4O3. The molecule has 0 aliphatic carbocycles. The fraction of sp³-hybridized carbons (Fsp3) is 0.125. The molecule has 0 saturated carbocycles. The first kappa shape index (κ1) is 22.8. The second-order valence-electron chi connectivity index (χ2n) is 7.75. The van der Waals surface area contributed by atoms with E-state index in [0.29, 0.717) is 10.6 Å². The molecule has 3 aromatic carbocycles. The standard InChI is InChI=1S/C24H19F3N4O3/c1-23(15-8-3-2-4-9-15)21(33)31(22(34)29-23)30-20(32)18-12-5-6-13-19(18)28-17-11-7-10-16(14-17)24(25,26)27/h2-14,28H,1H3,(H,29,34)(H,30,32). The summed E-state index contributed by atoms with van der Waals surface area (Å²) in [5, 5.41) is 5.96. The van der Waals surface area contributed by atoms with Crippen molar-refractivity contribution < 1.29 is 27.6 Å². The SMILES string of the molecule is CC1(c2ccccc2)NC(=O)N(NC(=O)c2ccccc2Nc2cccc(C(F)(F)F)c2)C1=O. The number of alkyl halides is 3. The molecule has 0 aromatic heterocycles. The van der Waals surface area contributed by atoms with E-state index in [1.165, 1.54) is 31.2 Å². The number of halogens is 3. The van der Waals surface area contributed by atoms with Crippen molar-refractivity contribution in [3.8, 4) is 0 Å². The van der Waals surface area contributed by atoms with Crippen molar-refractivity contribution in [3.63, 3.8) is 0 Å². The minimum Gasteiger partial charge on any atom is -0.355 e. The van der Waals surface area contributed by atoms with Crippen LogP contribution in [0.2, 0.25) is 0 Å². The Hall–Kier alpha value is -4.34. The van der Waals surface area contributed by atoms with Crippen LogP contribution in [0.1, 0.15) is 28.4 Å². The molecule has 1 unspecified atom stereocenters. The molecule has 4 rings (SSSR count). The maximum absolute atomic E-state index is 13.0. The highest BCUT2D eigenvalue weighted by molar-refractivity contribution is 6.10. The van der Waals surface area contributed by atoms with E-state index in [9.17, 15) is 27.6 Å². The van der Waals surface area contributed by atoms with Crippen LogP contribution in [0.5, 0.6) is 0 Å². The van der Waals surface area contributed by atoms with Crippen molar-refractivity contribution in [2.75, 3.05) is 5.32 Å². The van der Waals surface area contributed by atoms with Crippen LogP contribution < -0.4 is 16.1 Å². The van der Waals surface area contributed by atoms with Crippen molar-refractivity contribution in [2.45, 2.75) is 18.6 Å². The summed E-state index contributed by atoms with van der Waals surface area (Å²) in [7, 11) is 0. The number of nitrogens with zero attached hydrogens (tertiary/aromatic N) is 1. The van der Waals surface area contributed by atoms with Gasteiger partial charge in [-0.25, -0.2) is 4.79 Å². The summed E-state index contributed by atoms with van der Waals surface area (Å²) >= 11 is 0. The fourth-order valence-corrected chi connectivity index (χ4v) is 3.59. The zero-order valence-electron chi connectivity index (χ0n) is 17.8. The highest BCUT2D eigenvalue weighted by atomic mass is 19.4. The molecule has 3 aromatic rings. The molecule has 1 atom stereocenters. The van der Waals surface area contributed by atoms with Crippen LogP contribution in [-0.4, -0.2) is 22.9 Å². The predicted octanol–water partition coefficient (Wildman–Crippen LogP) is 4.56. The van der Waals surface area contributed by atoms with Gasteiger partial charge in [0.25, 0.3) is 11.8 Å². The minimum atomic E-state index is -4.52. The minimum absolute atomic E-state index is 0.0221. The van der Waals surface area contributed by atoms with Gasteiger partial charge in [0.1, 0.15) is 5.54 Å². The largest absolute Gasteiger partial charge is 0.416 e. The molecule has 7 nitrogen and oxygen atoms in total. The number of carbonyl (C=O) groups excluding carboxylic acids is 3. The maximum Gasteiger partial charge on any atom is 0.416 e. The summed E-state index contributed by atoms with van der Waals surface area (Å²) in [4.78, 5) is 38.5. The van der Waals surface area contributed by atoms with Crippen LogP contribution in [0.4, 0.5) is 29.3 Å². The third-order valence-electron chi connectivity index (χ3n) is 5.40. The van der Waals surface area contributed by atoms with Gasteiger partial charge in [-0.3, -0.25) is 15.0 Å². The van der Waals surface area contributed by atoms with Crippen molar-refractivity contribution in [2.24, 2.45) is 0 Å². The first-order valence-corrected chi connectivity index (χ1v) is 10.2. The van der Waals surface area contributed by atoms with E-state index >= 15 is 0 Å². The maximum atomic E-state index is 13.0. The van der Waals surface area contributed by atoms with E-state index in [1.807, 2.05) is 0 Å². The van der Waals surface area contributed by atoms with Gasteiger partial charge in [0, 0.05) is 5.69 Å². The second-order valence-corrected chi connectivity index (χ2v) is 7.75. The summed E-state index contributed by atoms with van der Waals surface area (Å²) in [5.41, 5.74) is 0.938. The van der Waals surface area contributed by atoms with Crippen LogP contribution in [0.25, 0.3) is 0 Å². The smallest absolute Gasteiger partial charge is 0.355 e. The number of para-hydroxylation sites is 1. The van der Waals surface area contributed by atoms with Gasteiger partial charge in [0.15, 0.2) is 0 Å². The van der Waals surface area contributed by atoms with Gasteiger partial charge in [-0.05, 0) is 42.8 Å². The molecular weight excluding hydrogens is 449 g/mol. The topological polar surface area (TPSA) is 90.5 Å². The number of imide groups is 1. The van der Waals surface area contributed by atoms with E-state index in [-0.39, 0.29) is 16.9 Å². The Kier molecular flexibility index (Phi) is 5.74. The molecule has 34 heavy (non-hydrogen) atoms. The average molecular weight is 468 g/mol. The summed E-state index contributed by atoms with van der Waals surface area (Å²) in [6, 6.07) is 18.3. The van der Waals surface area contributed by atoms with Crippen molar-refractivity contribution >= 4 is 29.2 Å². The zero-order chi connectivity index (χ0) is 24.5. The van der Waals surface area contributed by atoms with Gasteiger partial charge in [0.2, 0.25) is 0 Å². The molecule has 0 bridgehead atoms. The molecule has 1 fully saturated rings. The van der Waals surface area contributed by atoms with E-state index in [4.69, 9.17) is 0 Å². The number of amides is 4. The lowest BCUT2D eigenvalue weighted by Gasteiger charge is -2.22. The van der Waals surface area contributed by atoms with Crippen LogP contribution in [0.3, 0.4) is 0 Å².